The topological polar surface area (TPSA) is 41.3 Å². The van der Waals surface area contributed by atoms with Crippen molar-refractivity contribution in [2.45, 2.75) is 69.1 Å². The normalized spacial score (nSPS) is 35.0. The van der Waals surface area contributed by atoms with Gasteiger partial charge in [0, 0.05) is 25.2 Å². The van der Waals surface area contributed by atoms with E-state index in [0.29, 0.717) is 12.1 Å². The second-order valence-electron chi connectivity index (χ2n) is 6.95. The van der Waals surface area contributed by atoms with Gasteiger partial charge in [-0.3, -0.25) is 9.58 Å². The van der Waals surface area contributed by atoms with E-state index in [1.54, 1.807) is 0 Å². The van der Waals surface area contributed by atoms with Crippen LogP contribution in [0.5, 0.6) is 0 Å². The minimum Gasteiger partial charge on any atom is -0.388 e. The number of hydrogen-bond donors (Lipinski definition) is 1. The Kier molecular flexibility index (Phi) is 3.11. The summed E-state index contributed by atoms with van der Waals surface area (Å²) in [7, 11) is 0. The molecule has 0 amide bonds. The molecule has 1 saturated carbocycles. The molecule has 2 saturated heterocycles. The van der Waals surface area contributed by atoms with Gasteiger partial charge in [0.2, 0.25) is 0 Å². The lowest BCUT2D eigenvalue weighted by Gasteiger charge is -2.29. The highest BCUT2D eigenvalue weighted by atomic mass is 16.3. The standard InChI is InChI=1S/C16H25N3O/c20-16(8-11-18-9-3-6-15(16)18)12-13-7-10-19(17-13)14-4-1-2-5-14/h7,10,14-15,20H,1-6,8-9,11-12H2. The zero-order chi connectivity index (χ0) is 13.6. The summed E-state index contributed by atoms with van der Waals surface area (Å²) in [5, 5.41) is 15.8. The van der Waals surface area contributed by atoms with E-state index in [4.69, 9.17) is 5.10 Å². The Morgan fingerprint density at radius 3 is 2.90 bits per heavy atom. The lowest BCUT2D eigenvalue weighted by molar-refractivity contribution is 0.0131. The van der Waals surface area contributed by atoms with Gasteiger partial charge in [-0.2, -0.15) is 5.10 Å². The van der Waals surface area contributed by atoms with Crippen LogP contribution in [0.1, 0.15) is 56.7 Å². The summed E-state index contributed by atoms with van der Waals surface area (Å²) in [6.45, 7) is 2.23. The third-order valence-corrected chi connectivity index (χ3v) is 5.67. The zero-order valence-corrected chi connectivity index (χ0v) is 12.2. The third-order valence-electron chi connectivity index (χ3n) is 5.67. The van der Waals surface area contributed by atoms with Gasteiger partial charge in [0.1, 0.15) is 0 Å². The van der Waals surface area contributed by atoms with Gasteiger partial charge in [0.15, 0.2) is 0 Å². The zero-order valence-electron chi connectivity index (χ0n) is 12.2. The molecule has 20 heavy (non-hydrogen) atoms. The quantitative estimate of drug-likeness (QED) is 0.919. The van der Waals surface area contributed by atoms with Gasteiger partial charge in [-0.05, 0) is 44.7 Å². The molecule has 110 valence electrons. The SMILES string of the molecule is OC1(Cc2ccn(C3CCCC3)n2)CCN2CCCC21. The molecule has 0 aromatic carbocycles. The van der Waals surface area contributed by atoms with Crippen LogP contribution in [-0.2, 0) is 6.42 Å². The van der Waals surface area contributed by atoms with Crippen molar-refractivity contribution in [2.75, 3.05) is 13.1 Å². The monoisotopic (exact) mass is 275 g/mol. The van der Waals surface area contributed by atoms with Gasteiger partial charge >= 0.3 is 0 Å². The van der Waals surface area contributed by atoms with Crippen molar-refractivity contribution in [1.82, 2.24) is 14.7 Å². The van der Waals surface area contributed by atoms with Gasteiger partial charge in [-0.15, -0.1) is 0 Å². The Balaban J connectivity index is 1.48. The minimum atomic E-state index is -0.536. The molecule has 4 heteroatoms. The molecule has 2 unspecified atom stereocenters. The first-order chi connectivity index (χ1) is 9.74. The Morgan fingerprint density at radius 2 is 2.05 bits per heavy atom. The van der Waals surface area contributed by atoms with Gasteiger partial charge in [0.05, 0.1) is 17.3 Å². The number of aliphatic hydroxyl groups is 1. The molecule has 3 heterocycles. The molecule has 1 aromatic heterocycles. The van der Waals surface area contributed by atoms with E-state index in [0.717, 1.165) is 31.5 Å². The molecule has 2 aliphatic heterocycles. The van der Waals surface area contributed by atoms with Gasteiger partial charge in [-0.1, -0.05) is 12.8 Å². The summed E-state index contributed by atoms with van der Waals surface area (Å²) >= 11 is 0. The molecular weight excluding hydrogens is 250 g/mol. The van der Waals surface area contributed by atoms with Gasteiger partial charge < -0.3 is 5.11 Å². The molecule has 3 fully saturated rings. The largest absolute Gasteiger partial charge is 0.388 e. The van der Waals surface area contributed by atoms with Crippen LogP contribution in [0, 0.1) is 0 Å². The van der Waals surface area contributed by atoms with Crippen LogP contribution in [-0.4, -0.2) is 44.5 Å². The Bertz CT molecular complexity index is 480. The molecule has 2 atom stereocenters. The molecule has 4 nitrogen and oxygen atoms in total. The second-order valence-corrected chi connectivity index (χ2v) is 6.95. The summed E-state index contributed by atoms with van der Waals surface area (Å²) in [6, 6.07) is 3.09. The van der Waals surface area contributed by atoms with Crippen molar-refractivity contribution in [1.29, 1.82) is 0 Å². The molecule has 0 spiro atoms. The fraction of sp³-hybridized carbons (Fsp3) is 0.812. The van der Waals surface area contributed by atoms with Crippen molar-refractivity contribution in [2.24, 2.45) is 0 Å². The minimum absolute atomic E-state index is 0.374. The summed E-state index contributed by atoms with van der Waals surface area (Å²) in [5.41, 5.74) is 0.541. The smallest absolute Gasteiger partial charge is 0.0870 e. The summed E-state index contributed by atoms with van der Waals surface area (Å²) < 4.78 is 2.15. The first kappa shape index (κ1) is 12.8. The maximum absolute atomic E-state index is 11.0. The summed E-state index contributed by atoms with van der Waals surface area (Å²) in [4.78, 5) is 2.47. The maximum Gasteiger partial charge on any atom is 0.0870 e. The van der Waals surface area contributed by atoms with Crippen LogP contribution in [0.3, 0.4) is 0 Å². The predicted octanol–water partition coefficient (Wildman–Crippen LogP) is 2.14. The predicted molar refractivity (Wildman–Crippen MR) is 77.6 cm³/mol. The molecule has 3 aliphatic rings. The van der Waals surface area contributed by atoms with Gasteiger partial charge in [0.25, 0.3) is 0 Å². The summed E-state index contributed by atoms with van der Waals surface area (Å²) in [5.74, 6) is 0. The lowest BCUT2D eigenvalue weighted by Crippen LogP contribution is -2.43. The number of rotatable bonds is 3. The average Bonchev–Trinajstić information content (AvgIpc) is 3.16. The lowest BCUT2D eigenvalue weighted by atomic mass is 9.88. The fourth-order valence-corrected chi connectivity index (χ4v) is 4.57. The number of hydrogen-bond acceptors (Lipinski definition) is 3. The molecule has 0 bridgehead atoms. The highest BCUT2D eigenvalue weighted by Crippen LogP contribution is 2.38. The van der Waals surface area contributed by atoms with E-state index in [1.165, 1.54) is 38.6 Å². The van der Waals surface area contributed by atoms with Gasteiger partial charge in [-0.25, -0.2) is 0 Å². The molecule has 1 aromatic rings. The molecule has 0 radical (unpaired) electrons. The number of fused-ring (bicyclic) bond motifs is 1. The van der Waals surface area contributed by atoms with E-state index in [2.05, 4.69) is 21.8 Å². The molecular formula is C16H25N3O. The van der Waals surface area contributed by atoms with Crippen molar-refractivity contribution in [3.8, 4) is 0 Å². The maximum atomic E-state index is 11.0. The third kappa shape index (κ3) is 2.09. The second kappa shape index (κ2) is 4.85. The van der Waals surface area contributed by atoms with Crippen molar-refractivity contribution in [3.05, 3.63) is 18.0 Å². The van der Waals surface area contributed by atoms with Crippen LogP contribution >= 0.6 is 0 Å². The van der Waals surface area contributed by atoms with Crippen molar-refractivity contribution < 1.29 is 5.11 Å². The first-order valence-electron chi connectivity index (χ1n) is 8.25. The Labute approximate surface area is 120 Å². The van der Waals surface area contributed by atoms with E-state index in [1.807, 2.05) is 0 Å². The van der Waals surface area contributed by atoms with Crippen molar-refractivity contribution >= 4 is 0 Å². The van der Waals surface area contributed by atoms with Crippen LogP contribution in [0.4, 0.5) is 0 Å². The van der Waals surface area contributed by atoms with Crippen LogP contribution in [0.15, 0.2) is 12.3 Å². The van der Waals surface area contributed by atoms with E-state index in [-0.39, 0.29) is 0 Å². The number of aromatic nitrogens is 2. The average molecular weight is 275 g/mol. The van der Waals surface area contributed by atoms with Crippen LogP contribution < -0.4 is 0 Å². The molecule has 4 rings (SSSR count). The Morgan fingerprint density at radius 1 is 1.20 bits per heavy atom. The highest BCUT2D eigenvalue weighted by molar-refractivity contribution is 5.11. The highest BCUT2D eigenvalue weighted by Gasteiger charge is 2.48. The van der Waals surface area contributed by atoms with E-state index in [9.17, 15) is 5.11 Å². The Hall–Kier alpha value is -0.870. The van der Waals surface area contributed by atoms with Crippen molar-refractivity contribution in [3.63, 3.8) is 0 Å². The van der Waals surface area contributed by atoms with Crippen LogP contribution in [0.2, 0.25) is 0 Å². The molecule has 1 aliphatic carbocycles. The number of nitrogens with zero attached hydrogens (tertiary/aromatic N) is 3. The fourth-order valence-electron chi connectivity index (χ4n) is 4.57. The van der Waals surface area contributed by atoms with E-state index < -0.39 is 5.60 Å². The summed E-state index contributed by atoms with van der Waals surface area (Å²) in [6.07, 6.45) is 11.4. The first-order valence-corrected chi connectivity index (χ1v) is 8.25. The van der Waals surface area contributed by atoms with Crippen LogP contribution in [0.25, 0.3) is 0 Å². The molecule has 1 N–H and O–H groups in total. The van der Waals surface area contributed by atoms with E-state index >= 15 is 0 Å².